The van der Waals surface area contributed by atoms with Crippen LogP contribution in [0.15, 0.2) is 29.3 Å². The fraction of sp³-hybridized carbons (Fsp3) is 0.611. The Balaban J connectivity index is 0.00000576. The zero-order valence-electron chi connectivity index (χ0n) is 16.0. The fourth-order valence-electron chi connectivity index (χ4n) is 2.31. The summed E-state index contributed by atoms with van der Waals surface area (Å²) >= 11 is 0. The molecule has 0 aromatic heterocycles. The molecule has 0 radical (unpaired) electrons. The van der Waals surface area contributed by atoms with Gasteiger partial charge in [0.2, 0.25) is 0 Å². The summed E-state index contributed by atoms with van der Waals surface area (Å²) in [6.45, 7) is 11.0. The van der Waals surface area contributed by atoms with E-state index in [0.717, 1.165) is 43.6 Å². The van der Waals surface area contributed by atoms with Crippen molar-refractivity contribution in [3.8, 4) is 11.5 Å². The Morgan fingerprint density at radius 1 is 1.16 bits per heavy atom. The third-order valence-corrected chi connectivity index (χ3v) is 3.79. The van der Waals surface area contributed by atoms with Gasteiger partial charge in [0, 0.05) is 20.1 Å². The quantitative estimate of drug-likeness (QED) is 0.317. The van der Waals surface area contributed by atoms with Crippen LogP contribution in [0.25, 0.3) is 0 Å². The van der Waals surface area contributed by atoms with Gasteiger partial charge in [-0.15, -0.1) is 24.0 Å². The first kappa shape index (κ1) is 23.8. The summed E-state index contributed by atoms with van der Waals surface area (Å²) in [7, 11) is 3.42. The van der Waals surface area contributed by atoms with Crippen molar-refractivity contribution in [1.29, 1.82) is 0 Å². The van der Waals surface area contributed by atoms with E-state index in [4.69, 9.17) is 9.47 Å². The topological polar surface area (TPSA) is 58.1 Å². The largest absolute Gasteiger partial charge is 0.493 e. The number of ether oxygens (including phenoxy) is 2. The van der Waals surface area contributed by atoms with E-state index in [2.05, 4.69) is 34.4 Å². The molecule has 25 heavy (non-hydrogen) atoms. The zero-order valence-corrected chi connectivity index (χ0v) is 18.4. The van der Waals surface area contributed by atoms with Crippen molar-refractivity contribution in [2.45, 2.75) is 26.9 Å². The van der Waals surface area contributed by atoms with E-state index in [-0.39, 0.29) is 30.1 Å². The number of nitrogens with zero attached hydrogens (tertiary/aromatic N) is 2. The Kier molecular flexibility index (Phi) is 13.3. The van der Waals surface area contributed by atoms with Gasteiger partial charge in [-0.2, -0.15) is 0 Å². The van der Waals surface area contributed by atoms with Crippen LogP contribution < -0.4 is 20.1 Å². The number of halogens is 1. The van der Waals surface area contributed by atoms with Gasteiger partial charge in [0.1, 0.15) is 6.10 Å². The first-order valence-corrected chi connectivity index (χ1v) is 8.61. The number of rotatable bonds is 10. The maximum Gasteiger partial charge on any atom is 0.191 e. The van der Waals surface area contributed by atoms with Crippen molar-refractivity contribution in [1.82, 2.24) is 15.5 Å². The molecule has 1 atom stereocenters. The molecule has 0 heterocycles. The number of aliphatic imine (C=N–C) groups is 1. The zero-order chi connectivity index (χ0) is 17.8. The van der Waals surface area contributed by atoms with Crippen LogP contribution in [0, 0.1) is 0 Å². The molecule has 0 bridgehead atoms. The van der Waals surface area contributed by atoms with Crippen molar-refractivity contribution in [2.24, 2.45) is 4.99 Å². The summed E-state index contributed by atoms with van der Waals surface area (Å²) in [5.74, 6) is 2.28. The highest BCUT2D eigenvalue weighted by Gasteiger charge is 2.09. The molecule has 6 nitrogen and oxygen atoms in total. The normalized spacial score (nSPS) is 12.3. The van der Waals surface area contributed by atoms with Crippen molar-refractivity contribution in [3.05, 3.63) is 24.3 Å². The van der Waals surface area contributed by atoms with E-state index in [1.807, 2.05) is 31.2 Å². The molecule has 1 aromatic rings. The van der Waals surface area contributed by atoms with Gasteiger partial charge in [-0.25, -0.2) is 0 Å². The predicted octanol–water partition coefficient (Wildman–Crippen LogP) is 2.59. The van der Waals surface area contributed by atoms with Crippen LogP contribution in [-0.2, 0) is 0 Å². The van der Waals surface area contributed by atoms with Gasteiger partial charge >= 0.3 is 0 Å². The average molecular weight is 464 g/mol. The molecule has 0 saturated carbocycles. The number of benzene rings is 1. The summed E-state index contributed by atoms with van der Waals surface area (Å²) < 4.78 is 11.2. The molecule has 0 saturated heterocycles. The summed E-state index contributed by atoms with van der Waals surface area (Å²) in [6.07, 6.45) is -0.0115. The van der Waals surface area contributed by atoms with Gasteiger partial charge in [-0.1, -0.05) is 26.0 Å². The lowest BCUT2D eigenvalue weighted by Gasteiger charge is -2.21. The van der Waals surface area contributed by atoms with Gasteiger partial charge in [0.05, 0.1) is 13.7 Å². The summed E-state index contributed by atoms with van der Waals surface area (Å²) in [5.41, 5.74) is 0. The Hall–Kier alpha value is -1.22. The molecule has 0 fully saturated rings. The monoisotopic (exact) mass is 464 g/mol. The number of para-hydroxylation sites is 2. The third-order valence-electron chi connectivity index (χ3n) is 3.79. The predicted molar refractivity (Wildman–Crippen MR) is 116 cm³/mol. The molecular weight excluding hydrogens is 431 g/mol. The molecule has 0 aliphatic carbocycles. The van der Waals surface area contributed by atoms with Crippen molar-refractivity contribution < 1.29 is 9.47 Å². The number of guanidine groups is 1. The number of methoxy groups -OCH3 is 1. The van der Waals surface area contributed by atoms with Crippen LogP contribution in [0.1, 0.15) is 20.8 Å². The average Bonchev–Trinajstić information content (AvgIpc) is 2.61. The van der Waals surface area contributed by atoms with Crippen LogP contribution in [0.5, 0.6) is 11.5 Å². The van der Waals surface area contributed by atoms with E-state index >= 15 is 0 Å². The van der Waals surface area contributed by atoms with Gasteiger partial charge in [-0.3, -0.25) is 4.99 Å². The molecule has 1 rings (SSSR count). The third kappa shape index (κ3) is 9.15. The Morgan fingerprint density at radius 3 is 2.36 bits per heavy atom. The van der Waals surface area contributed by atoms with Crippen LogP contribution in [0.2, 0.25) is 0 Å². The van der Waals surface area contributed by atoms with Gasteiger partial charge in [0.25, 0.3) is 0 Å². The van der Waals surface area contributed by atoms with Crippen LogP contribution >= 0.6 is 24.0 Å². The maximum absolute atomic E-state index is 5.93. The molecular formula is C18H33IN4O2. The van der Waals surface area contributed by atoms with Crippen molar-refractivity contribution in [2.75, 3.05) is 46.9 Å². The van der Waals surface area contributed by atoms with E-state index in [1.165, 1.54) is 0 Å². The molecule has 7 heteroatoms. The second-order valence-electron chi connectivity index (χ2n) is 5.49. The molecule has 144 valence electrons. The summed E-state index contributed by atoms with van der Waals surface area (Å²) in [6, 6.07) is 7.66. The SMILES string of the molecule is CCN(CC)CCNC(=NC)NCC(C)Oc1ccccc1OC.I. The fourth-order valence-corrected chi connectivity index (χ4v) is 2.31. The Labute approximate surface area is 169 Å². The molecule has 0 aliphatic heterocycles. The van der Waals surface area contributed by atoms with Crippen LogP contribution in [-0.4, -0.2) is 63.8 Å². The highest BCUT2D eigenvalue weighted by atomic mass is 127. The lowest BCUT2D eigenvalue weighted by atomic mass is 10.3. The highest BCUT2D eigenvalue weighted by molar-refractivity contribution is 14.0. The molecule has 1 aromatic carbocycles. The second-order valence-corrected chi connectivity index (χ2v) is 5.49. The molecule has 0 amide bonds. The number of nitrogens with one attached hydrogen (secondary N) is 2. The van der Waals surface area contributed by atoms with Gasteiger partial charge < -0.3 is 25.0 Å². The van der Waals surface area contributed by atoms with E-state index in [9.17, 15) is 0 Å². The number of hydrogen-bond donors (Lipinski definition) is 2. The van der Waals surface area contributed by atoms with E-state index < -0.39 is 0 Å². The lowest BCUT2D eigenvalue weighted by Crippen LogP contribution is -2.44. The summed E-state index contributed by atoms with van der Waals surface area (Å²) in [5, 5.41) is 6.62. The lowest BCUT2D eigenvalue weighted by molar-refractivity contribution is 0.213. The highest BCUT2D eigenvalue weighted by Crippen LogP contribution is 2.26. The van der Waals surface area contributed by atoms with Crippen molar-refractivity contribution in [3.63, 3.8) is 0 Å². The standard InChI is InChI=1S/C18H32N4O2.HI/c1-6-22(7-2)13-12-20-18(19-4)21-14-15(3)24-17-11-9-8-10-16(17)23-5;/h8-11,15H,6-7,12-14H2,1-5H3,(H2,19,20,21);1H. The molecule has 1 unspecified atom stereocenters. The van der Waals surface area contributed by atoms with Crippen LogP contribution in [0.4, 0.5) is 0 Å². The second kappa shape index (κ2) is 14.0. The smallest absolute Gasteiger partial charge is 0.191 e. The van der Waals surface area contributed by atoms with E-state index in [1.54, 1.807) is 14.2 Å². The molecule has 0 aliphatic rings. The maximum atomic E-state index is 5.93. The number of hydrogen-bond acceptors (Lipinski definition) is 4. The Morgan fingerprint density at radius 2 is 1.80 bits per heavy atom. The minimum atomic E-state index is -0.0115. The summed E-state index contributed by atoms with van der Waals surface area (Å²) in [4.78, 5) is 6.61. The van der Waals surface area contributed by atoms with Crippen molar-refractivity contribution >= 4 is 29.9 Å². The Bertz CT molecular complexity index is 496. The number of likely N-dealkylation sites (N-methyl/N-ethyl adjacent to an activating group) is 1. The first-order valence-electron chi connectivity index (χ1n) is 8.61. The van der Waals surface area contributed by atoms with E-state index in [0.29, 0.717) is 6.54 Å². The van der Waals surface area contributed by atoms with Gasteiger partial charge in [0.15, 0.2) is 17.5 Å². The first-order chi connectivity index (χ1) is 11.6. The van der Waals surface area contributed by atoms with Crippen LogP contribution in [0.3, 0.4) is 0 Å². The molecule has 0 spiro atoms. The minimum Gasteiger partial charge on any atom is -0.493 e. The van der Waals surface area contributed by atoms with Gasteiger partial charge in [-0.05, 0) is 32.1 Å². The minimum absolute atomic E-state index is 0. The molecule has 2 N–H and O–H groups in total.